The van der Waals surface area contributed by atoms with Crippen LogP contribution in [-0.2, 0) is 9.53 Å². The summed E-state index contributed by atoms with van der Waals surface area (Å²) < 4.78 is 4.93. The molecule has 2 aromatic rings. The molecule has 0 spiro atoms. The number of anilines is 1. The van der Waals surface area contributed by atoms with E-state index in [1.165, 1.54) is 18.2 Å². The van der Waals surface area contributed by atoms with Gasteiger partial charge in [-0.3, -0.25) is 10.1 Å². The minimum Gasteiger partial charge on any atom is -0.463 e. The molecule has 0 saturated heterocycles. The summed E-state index contributed by atoms with van der Waals surface area (Å²) in [6.07, 6.45) is 1.33. The second kappa shape index (κ2) is 7.74. The van der Waals surface area contributed by atoms with E-state index < -0.39 is 10.9 Å². The molecule has 0 atom stereocenters. The topological polar surface area (TPSA) is 81.5 Å². The maximum Gasteiger partial charge on any atom is 0.332 e. The van der Waals surface area contributed by atoms with Gasteiger partial charge in [0.15, 0.2) is 0 Å². The predicted octanol–water partition coefficient (Wildman–Crippen LogP) is 3.61. The number of non-ortho nitro benzene ring substituents is 1. The summed E-state index contributed by atoms with van der Waals surface area (Å²) in [5, 5.41) is 13.9. The van der Waals surface area contributed by atoms with E-state index in [1.54, 1.807) is 19.1 Å². The Morgan fingerprint density at radius 2 is 1.96 bits per heavy atom. The first-order chi connectivity index (χ1) is 11.1. The molecule has 0 bridgehead atoms. The van der Waals surface area contributed by atoms with E-state index >= 15 is 0 Å². The Labute approximate surface area is 133 Å². The van der Waals surface area contributed by atoms with Gasteiger partial charge >= 0.3 is 5.97 Å². The van der Waals surface area contributed by atoms with Gasteiger partial charge in [0.05, 0.1) is 17.2 Å². The third kappa shape index (κ3) is 4.67. The zero-order valence-corrected chi connectivity index (χ0v) is 12.6. The fourth-order valence-electron chi connectivity index (χ4n) is 1.96. The Morgan fingerprint density at radius 1 is 1.22 bits per heavy atom. The summed E-state index contributed by atoms with van der Waals surface area (Å²) in [4.78, 5) is 22.1. The molecule has 0 radical (unpaired) electrons. The summed E-state index contributed by atoms with van der Waals surface area (Å²) >= 11 is 0. The highest BCUT2D eigenvalue weighted by atomic mass is 16.6. The number of carbonyl (C=O) groups is 1. The number of nitro groups is 1. The summed E-state index contributed by atoms with van der Waals surface area (Å²) in [5.41, 5.74) is 1.76. The molecule has 0 fully saturated rings. The van der Waals surface area contributed by atoms with Crippen molar-refractivity contribution >= 4 is 23.0 Å². The van der Waals surface area contributed by atoms with Crippen LogP contribution in [0.15, 0.2) is 60.7 Å². The van der Waals surface area contributed by atoms with Crippen molar-refractivity contribution in [3.63, 3.8) is 0 Å². The van der Waals surface area contributed by atoms with Crippen LogP contribution < -0.4 is 5.32 Å². The Balaban J connectivity index is 2.33. The van der Waals surface area contributed by atoms with Crippen molar-refractivity contribution in [1.82, 2.24) is 0 Å². The Bertz CT molecular complexity index is 726. The number of nitro benzene ring substituents is 1. The molecule has 0 aliphatic carbocycles. The van der Waals surface area contributed by atoms with Gasteiger partial charge in [0.25, 0.3) is 5.69 Å². The summed E-state index contributed by atoms with van der Waals surface area (Å²) in [6.45, 7) is 2.00. The minimum atomic E-state index is -0.482. The normalized spacial score (nSPS) is 10.9. The largest absolute Gasteiger partial charge is 0.463 e. The number of ether oxygens (including phenoxy) is 1. The molecule has 6 heteroatoms. The third-order valence-electron chi connectivity index (χ3n) is 2.97. The van der Waals surface area contributed by atoms with E-state index in [-0.39, 0.29) is 12.3 Å². The van der Waals surface area contributed by atoms with Gasteiger partial charge in [0.1, 0.15) is 0 Å². The highest BCUT2D eigenvalue weighted by Crippen LogP contribution is 2.22. The van der Waals surface area contributed by atoms with Gasteiger partial charge in [-0.2, -0.15) is 0 Å². The molecule has 6 nitrogen and oxygen atoms in total. The molecule has 2 aromatic carbocycles. The number of benzene rings is 2. The van der Waals surface area contributed by atoms with Gasteiger partial charge in [-0.15, -0.1) is 0 Å². The molecule has 0 unspecified atom stereocenters. The van der Waals surface area contributed by atoms with Crippen molar-refractivity contribution < 1.29 is 14.5 Å². The van der Waals surface area contributed by atoms with Gasteiger partial charge in [-0.1, -0.05) is 36.4 Å². The van der Waals surface area contributed by atoms with Crippen LogP contribution in [0, 0.1) is 10.1 Å². The van der Waals surface area contributed by atoms with Crippen LogP contribution in [0.2, 0.25) is 0 Å². The molecule has 0 saturated carbocycles. The van der Waals surface area contributed by atoms with Crippen molar-refractivity contribution in [2.24, 2.45) is 0 Å². The van der Waals surface area contributed by atoms with Crippen LogP contribution >= 0.6 is 0 Å². The van der Waals surface area contributed by atoms with Crippen molar-refractivity contribution in [2.45, 2.75) is 6.92 Å². The first-order valence-corrected chi connectivity index (χ1v) is 7.05. The fourth-order valence-corrected chi connectivity index (χ4v) is 1.96. The maximum absolute atomic E-state index is 11.7. The molecule has 1 N–H and O–H groups in total. The Hall–Kier alpha value is -3.15. The summed E-state index contributed by atoms with van der Waals surface area (Å²) in [7, 11) is 0. The quantitative estimate of drug-likeness (QED) is 0.381. The fraction of sp³-hybridized carbons (Fsp3) is 0.118. The summed E-state index contributed by atoms with van der Waals surface area (Å²) in [6, 6.07) is 15.3. The lowest BCUT2D eigenvalue weighted by molar-refractivity contribution is -0.384. The molecule has 118 valence electrons. The molecule has 0 aliphatic rings. The monoisotopic (exact) mass is 312 g/mol. The number of nitrogens with zero attached hydrogens (tertiary/aromatic N) is 1. The van der Waals surface area contributed by atoms with E-state index in [1.807, 2.05) is 30.3 Å². The predicted molar refractivity (Wildman–Crippen MR) is 87.8 cm³/mol. The average molecular weight is 312 g/mol. The molecule has 23 heavy (non-hydrogen) atoms. The lowest BCUT2D eigenvalue weighted by Crippen LogP contribution is -2.06. The Kier molecular flexibility index (Phi) is 5.46. The Morgan fingerprint density at radius 3 is 2.61 bits per heavy atom. The SMILES string of the molecule is CCOC(=O)/C=C(\Nc1cccc([N+](=O)[O-])c1)c1ccccc1. The van der Waals surface area contributed by atoms with Crippen LogP contribution in [0.25, 0.3) is 5.70 Å². The molecule has 0 aliphatic heterocycles. The number of esters is 1. The number of nitrogens with one attached hydrogen (secondary N) is 1. The number of rotatable bonds is 6. The minimum absolute atomic E-state index is 0.0291. The molecule has 0 heterocycles. The smallest absolute Gasteiger partial charge is 0.332 e. The van der Waals surface area contributed by atoms with Gasteiger partial charge in [0, 0.05) is 23.9 Å². The second-order valence-corrected chi connectivity index (χ2v) is 4.61. The van der Waals surface area contributed by atoms with E-state index in [0.29, 0.717) is 11.4 Å². The number of hydrogen-bond donors (Lipinski definition) is 1. The summed E-state index contributed by atoms with van der Waals surface area (Å²) in [5.74, 6) is -0.482. The first-order valence-electron chi connectivity index (χ1n) is 7.05. The second-order valence-electron chi connectivity index (χ2n) is 4.61. The van der Waals surface area contributed by atoms with Crippen molar-refractivity contribution in [3.05, 3.63) is 76.4 Å². The van der Waals surface area contributed by atoms with Crippen LogP contribution in [-0.4, -0.2) is 17.5 Å². The first kappa shape index (κ1) is 16.2. The standard InChI is InChI=1S/C17H16N2O4/c1-2-23-17(20)12-16(13-7-4-3-5-8-13)18-14-9-6-10-15(11-14)19(21)22/h3-12,18H,2H2,1H3/b16-12-. The van der Waals surface area contributed by atoms with Gasteiger partial charge in [-0.25, -0.2) is 4.79 Å². The lowest BCUT2D eigenvalue weighted by atomic mass is 10.1. The van der Waals surface area contributed by atoms with E-state index in [0.717, 1.165) is 5.56 Å². The van der Waals surface area contributed by atoms with E-state index in [4.69, 9.17) is 4.74 Å². The zero-order chi connectivity index (χ0) is 16.7. The third-order valence-corrected chi connectivity index (χ3v) is 2.97. The molecular weight excluding hydrogens is 296 g/mol. The maximum atomic E-state index is 11.7. The van der Waals surface area contributed by atoms with Gasteiger partial charge in [-0.05, 0) is 18.6 Å². The van der Waals surface area contributed by atoms with Crippen LogP contribution in [0.4, 0.5) is 11.4 Å². The zero-order valence-electron chi connectivity index (χ0n) is 12.6. The van der Waals surface area contributed by atoms with E-state index in [2.05, 4.69) is 5.32 Å². The highest BCUT2D eigenvalue weighted by Gasteiger charge is 2.09. The van der Waals surface area contributed by atoms with Gasteiger partial charge in [0.2, 0.25) is 0 Å². The average Bonchev–Trinajstić information content (AvgIpc) is 2.55. The van der Waals surface area contributed by atoms with Crippen molar-refractivity contribution in [3.8, 4) is 0 Å². The van der Waals surface area contributed by atoms with Crippen LogP contribution in [0.1, 0.15) is 12.5 Å². The number of hydrogen-bond acceptors (Lipinski definition) is 5. The lowest BCUT2D eigenvalue weighted by Gasteiger charge is -2.11. The van der Waals surface area contributed by atoms with Crippen molar-refractivity contribution in [1.29, 1.82) is 0 Å². The molecule has 2 rings (SSSR count). The van der Waals surface area contributed by atoms with Crippen molar-refractivity contribution in [2.75, 3.05) is 11.9 Å². The molecular formula is C17H16N2O4. The van der Waals surface area contributed by atoms with E-state index in [9.17, 15) is 14.9 Å². The highest BCUT2D eigenvalue weighted by molar-refractivity contribution is 5.94. The van der Waals surface area contributed by atoms with Crippen LogP contribution in [0.5, 0.6) is 0 Å². The molecule has 0 amide bonds. The number of carbonyl (C=O) groups excluding carboxylic acids is 1. The van der Waals surface area contributed by atoms with Gasteiger partial charge < -0.3 is 10.1 Å². The molecule has 0 aromatic heterocycles. The van der Waals surface area contributed by atoms with Crippen LogP contribution in [0.3, 0.4) is 0 Å².